The number of hydrogen-bond acceptors (Lipinski definition) is 7. The van der Waals surface area contributed by atoms with E-state index in [9.17, 15) is 9.59 Å². The Kier molecular flexibility index (Phi) is 8.31. The van der Waals surface area contributed by atoms with Gasteiger partial charge in [0.1, 0.15) is 23.1 Å². The molecule has 1 N–H and O–H groups in total. The second kappa shape index (κ2) is 11.6. The predicted octanol–water partition coefficient (Wildman–Crippen LogP) is 7.54. The molecule has 0 radical (unpaired) electrons. The Labute approximate surface area is 224 Å². The molecule has 4 aromatic rings. The van der Waals surface area contributed by atoms with Crippen LogP contribution in [0, 0.1) is 0 Å². The van der Waals surface area contributed by atoms with E-state index in [0.29, 0.717) is 5.75 Å². The molecule has 1 atom stereocenters. The highest BCUT2D eigenvalue weighted by Crippen LogP contribution is 2.37. The van der Waals surface area contributed by atoms with Crippen molar-refractivity contribution in [3.63, 3.8) is 0 Å². The summed E-state index contributed by atoms with van der Waals surface area (Å²) in [7, 11) is 1.29. The molecule has 0 unspecified atom stereocenters. The average Bonchev–Trinajstić information content (AvgIpc) is 3.56. The number of nitrogens with one attached hydrogen (secondary N) is 1. The average molecular weight is 536 g/mol. The van der Waals surface area contributed by atoms with Crippen LogP contribution in [-0.4, -0.2) is 30.8 Å². The van der Waals surface area contributed by atoms with E-state index in [0.717, 1.165) is 16.9 Å². The third-order valence-corrected chi connectivity index (χ3v) is 7.48. The molecule has 1 amide bonds. The van der Waals surface area contributed by atoms with Crippen LogP contribution < -0.4 is 10.1 Å². The number of benzene rings is 2. The van der Waals surface area contributed by atoms with Crippen molar-refractivity contribution in [3.05, 3.63) is 83.7 Å². The highest BCUT2D eigenvalue weighted by molar-refractivity contribution is 7.23. The molecule has 0 aliphatic carbocycles. The van der Waals surface area contributed by atoms with Crippen molar-refractivity contribution >= 4 is 34.7 Å². The lowest BCUT2D eigenvalue weighted by molar-refractivity contribution is -0.143. The van der Waals surface area contributed by atoms with Crippen molar-refractivity contribution in [2.45, 2.75) is 38.8 Å². The summed E-state index contributed by atoms with van der Waals surface area (Å²) in [5, 5.41) is 4.68. The van der Waals surface area contributed by atoms with Crippen molar-refractivity contribution in [1.29, 1.82) is 0 Å². The van der Waals surface area contributed by atoms with E-state index in [1.54, 1.807) is 43.4 Å². The molecule has 0 saturated heterocycles. The number of esters is 1. The first-order valence-corrected chi connectivity index (χ1v) is 13.5. The highest BCUT2D eigenvalue weighted by atomic mass is 32.1. The standard InChI is InChI=1S/C29H29NO5S2/c1-29(2,3)35-28(32)30-23(27(31)33-4)18-19-7-11-21(12-8-19)34-22-13-9-20(10-14-22)24-15-16-26(37-24)25-6-5-17-36-25/h5-17,23H,18H2,1-4H3,(H,30,32)/t23-/m0/s1. The Morgan fingerprint density at radius 1 is 0.865 bits per heavy atom. The summed E-state index contributed by atoms with van der Waals surface area (Å²) in [4.78, 5) is 28.1. The molecule has 0 saturated carbocycles. The van der Waals surface area contributed by atoms with Gasteiger partial charge in [-0.3, -0.25) is 0 Å². The van der Waals surface area contributed by atoms with Crippen molar-refractivity contribution in [2.75, 3.05) is 7.11 Å². The minimum absolute atomic E-state index is 0.259. The third kappa shape index (κ3) is 7.44. The number of carbonyl (C=O) groups excluding carboxylic acids is 2. The summed E-state index contributed by atoms with van der Waals surface area (Å²) in [5.41, 5.74) is 1.31. The quantitative estimate of drug-likeness (QED) is 0.236. The first-order valence-electron chi connectivity index (χ1n) is 11.8. The molecule has 37 heavy (non-hydrogen) atoms. The second-order valence-electron chi connectivity index (χ2n) is 9.34. The van der Waals surface area contributed by atoms with E-state index in [1.807, 2.05) is 36.4 Å². The van der Waals surface area contributed by atoms with Gasteiger partial charge in [0, 0.05) is 21.1 Å². The van der Waals surface area contributed by atoms with Gasteiger partial charge < -0.3 is 19.5 Å². The van der Waals surface area contributed by atoms with Crippen molar-refractivity contribution in [2.24, 2.45) is 0 Å². The largest absolute Gasteiger partial charge is 0.467 e. The molecule has 8 heteroatoms. The number of hydrogen-bond donors (Lipinski definition) is 1. The zero-order valence-electron chi connectivity index (χ0n) is 21.1. The topological polar surface area (TPSA) is 73.9 Å². The van der Waals surface area contributed by atoms with Crippen LogP contribution in [0.1, 0.15) is 26.3 Å². The lowest BCUT2D eigenvalue weighted by Crippen LogP contribution is -2.45. The molecule has 192 valence electrons. The van der Waals surface area contributed by atoms with Gasteiger partial charge in [-0.15, -0.1) is 22.7 Å². The molecular formula is C29H29NO5S2. The molecule has 6 nitrogen and oxygen atoms in total. The van der Waals surface area contributed by atoms with E-state index in [4.69, 9.17) is 14.2 Å². The van der Waals surface area contributed by atoms with Gasteiger partial charge in [-0.1, -0.05) is 18.2 Å². The fourth-order valence-electron chi connectivity index (χ4n) is 3.58. The molecule has 2 aromatic heterocycles. The van der Waals surface area contributed by atoms with E-state index in [2.05, 4.69) is 47.1 Å². The predicted molar refractivity (Wildman–Crippen MR) is 148 cm³/mol. The Hall–Kier alpha value is -3.62. The normalized spacial score (nSPS) is 12.0. The van der Waals surface area contributed by atoms with Gasteiger partial charge in [-0.05, 0) is 91.9 Å². The Bertz CT molecular complexity index is 1320. The molecule has 2 aromatic carbocycles. The maximum absolute atomic E-state index is 12.2. The first kappa shape index (κ1) is 26.4. The van der Waals surface area contributed by atoms with Crippen LogP contribution in [-0.2, 0) is 20.7 Å². The summed E-state index contributed by atoms with van der Waals surface area (Å²) in [6, 6.07) is 23.0. The Morgan fingerprint density at radius 3 is 2.11 bits per heavy atom. The van der Waals surface area contributed by atoms with Crippen molar-refractivity contribution in [1.82, 2.24) is 5.32 Å². The van der Waals surface area contributed by atoms with Gasteiger partial charge in [0.25, 0.3) is 0 Å². The summed E-state index contributed by atoms with van der Waals surface area (Å²) in [6.07, 6.45) is -0.411. The molecule has 0 spiro atoms. The summed E-state index contributed by atoms with van der Waals surface area (Å²) in [5.74, 6) is 0.854. The number of methoxy groups -OCH3 is 1. The lowest BCUT2D eigenvalue weighted by atomic mass is 10.1. The minimum atomic E-state index is -0.864. The van der Waals surface area contributed by atoms with E-state index in [1.165, 1.54) is 21.7 Å². The third-order valence-electron chi connectivity index (χ3n) is 5.28. The Balaban J connectivity index is 1.37. The number of alkyl carbamates (subject to hydrolysis) is 1. The molecule has 2 heterocycles. The van der Waals surface area contributed by atoms with Gasteiger partial charge in [0.2, 0.25) is 0 Å². The van der Waals surface area contributed by atoms with Crippen LogP contribution in [0.15, 0.2) is 78.2 Å². The summed E-state index contributed by atoms with van der Waals surface area (Å²) < 4.78 is 16.1. The first-order chi connectivity index (χ1) is 17.7. The van der Waals surface area contributed by atoms with Crippen LogP contribution >= 0.6 is 22.7 Å². The maximum atomic E-state index is 12.2. The molecule has 0 fully saturated rings. The zero-order chi connectivity index (χ0) is 26.4. The molecule has 4 rings (SSSR count). The highest BCUT2D eigenvalue weighted by Gasteiger charge is 2.25. The lowest BCUT2D eigenvalue weighted by Gasteiger charge is -2.22. The van der Waals surface area contributed by atoms with Crippen LogP contribution in [0.2, 0.25) is 0 Å². The molecule has 0 aliphatic rings. The van der Waals surface area contributed by atoms with Crippen molar-refractivity contribution in [3.8, 4) is 31.7 Å². The number of rotatable bonds is 8. The maximum Gasteiger partial charge on any atom is 0.408 e. The monoisotopic (exact) mass is 535 g/mol. The van der Waals surface area contributed by atoms with Crippen LogP contribution in [0.3, 0.4) is 0 Å². The number of ether oxygens (including phenoxy) is 3. The van der Waals surface area contributed by atoms with E-state index >= 15 is 0 Å². The fourth-order valence-corrected chi connectivity index (χ4v) is 5.43. The van der Waals surface area contributed by atoms with E-state index in [-0.39, 0.29) is 6.42 Å². The second-order valence-corrected chi connectivity index (χ2v) is 11.4. The number of amides is 1. The van der Waals surface area contributed by atoms with Crippen LogP contribution in [0.25, 0.3) is 20.2 Å². The van der Waals surface area contributed by atoms with Gasteiger partial charge in [-0.2, -0.15) is 0 Å². The molecular weight excluding hydrogens is 506 g/mol. The Morgan fingerprint density at radius 2 is 1.51 bits per heavy atom. The SMILES string of the molecule is COC(=O)[C@H](Cc1ccc(Oc2ccc(-c3ccc(-c4cccs4)s3)cc2)cc1)NC(=O)OC(C)(C)C. The minimum Gasteiger partial charge on any atom is -0.467 e. The fraction of sp³-hybridized carbons (Fsp3) is 0.241. The van der Waals surface area contributed by atoms with Crippen molar-refractivity contribution < 1.29 is 23.8 Å². The smallest absolute Gasteiger partial charge is 0.408 e. The van der Waals surface area contributed by atoms with Gasteiger partial charge in [-0.25, -0.2) is 9.59 Å². The van der Waals surface area contributed by atoms with Gasteiger partial charge >= 0.3 is 12.1 Å². The molecule has 0 bridgehead atoms. The number of carbonyl (C=O) groups is 2. The zero-order valence-corrected chi connectivity index (χ0v) is 22.8. The van der Waals surface area contributed by atoms with Crippen LogP contribution in [0.4, 0.5) is 4.79 Å². The summed E-state index contributed by atoms with van der Waals surface area (Å²) >= 11 is 3.51. The molecule has 0 aliphatic heterocycles. The van der Waals surface area contributed by atoms with Crippen LogP contribution in [0.5, 0.6) is 11.5 Å². The van der Waals surface area contributed by atoms with Gasteiger partial charge in [0.05, 0.1) is 7.11 Å². The number of thiophene rings is 2. The summed E-state index contributed by atoms with van der Waals surface area (Å²) in [6.45, 7) is 5.28. The van der Waals surface area contributed by atoms with E-state index < -0.39 is 23.7 Å². The van der Waals surface area contributed by atoms with Gasteiger partial charge in [0.15, 0.2) is 0 Å².